The van der Waals surface area contributed by atoms with Crippen LogP contribution in [0.5, 0.6) is 0 Å². The molecule has 3 rings (SSSR count). The normalized spacial score (nSPS) is 15.2. The van der Waals surface area contributed by atoms with E-state index in [4.69, 9.17) is 0 Å². The highest BCUT2D eigenvalue weighted by molar-refractivity contribution is 7.13. The number of amides is 1. The Bertz CT molecular complexity index is 779. The van der Waals surface area contributed by atoms with Crippen LogP contribution in [0.3, 0.4) is 0 Å². The maximum Gasteiger partial charge on any atom is 0.335 e. The SMILES string of the molecule is CCCc1ncc(C(=O)N2CCC(Cc3ccccc3C(=O)O)CC2)s1. The van der Waals surface area contributed by atoms with E-state index in [0.29, 0.717) is 11.5 Å². The highest BCUT2D eigenvalue weighted by Crippen LogP contribution is 2.25. The van der Waals surface area contributed by atoms with Crippen molar-refractivity contribution in [1.29, 1.82) is 0 Å². The highest BCUT2D eigenvalue weighted by atomic mass is 32.1. The highest BCUT2D eigenvalue weighted by Gasteiger charge is 2.25. The van der Waals surface area contributed by atoms with Crippen LogP contribution in [-0.4, -0.2) is 40.0 Å². The molecule has 138 valence electrons. The van der Waals surface area contributed by atoms with Crippen LogP contribution in [0.1, 0.15) is 56.8 Å². The second-order valence-electron chi connectivity index (χ2n) is 6.77. The largest absolute Gasteiger partial charge is 0.478 e. The van der Waals surface area contributed by atoms with Crippen LogP contribution in [-0.2, 0) is 12.8 Å². The molecule has 1 aromatic heterocycles. The van der Waals surface area contributed by atoms with Crippen LogP contribution >= 0.6 is 11.3 Å². The number of carbonyl (C=O) groups is 2. The first-order valence-corrected chi connectivity index (χ1v) is 9.95. The molecule has 5 nitrogen and oxygen atoms in total. The van der Waals surface area contributed by atoms with Gasteiger partial charge in [0, 0.05) is 13.1 Å². The molecule has 0 radical (unpaired) electrons. The fraction of sp³-hybridized carbons (Fsp3) is 0.450. The third-order valence-corrected chi connectivity index (χ3v) is 5.93. The zero-order valence-electron chi connectivity index (χ0n) is 15.0. The Labute approximate surface area is 157 Å². The Morgan fingerprint density at radius 2 is 2.00 bits per heavy atom. The van der Waals surface area contributed by atoms with Crippen molar-refractivity contribution < 1.29 is 14.7 Å². The molecular formula is C20H24N2O3S. The molecule has 0 aliphatic carbocycles. The molecule has 0 saturated carbocycles. The number of rotatable bonds is 6. The molecule has 1 fully saturated rings. The number of likely N-dealkylation sites (tertiary alicyclic amines) is 1. The summed E-state index contributed by atoms with van der Waals surface area (Å²) in [7, 11) is 0. The predicted molar refractivity (Wildman–Crippen MR) is 102 cm³/mol. The maximum atomic E-state index is 12.6. The molecule has 26 heavy (non-hydrogen) atoms. The third kappa shape index (κ3) is 4.30. The number of benzene rings is 1. The Kier molecular flexibility index (Phi) is 6.04. The van der Waals surface area contributed by atoms with Crippen LogP contribution in [0.4, 0.5) is 0 Å². The van der Waals surface area contributed by atoms with Gasteiger partial charge in [-0.15, -0.1) is 11.3 Å². The molecule has 1 aromatic carbocycles. The van der Waals surface area contributed by atoms with Crippen LogP contribution in [0.25, 0.3) is 0 Å². The number of aromatic carboxylic acids is 1. The number of carbonyl (C=O) groups excluding carboxylic acids is 1. The lowest BCUT2D eigenvalue weighted by atomic mass is 9.88. The van der Waals surface area contributed by atoms with Crippen molar-refractivity contribution in [3.05, 3.63) is 51.5 Å². The number of nitrogens with zero attached hydrogens (tertiary/aromatic N) is 2. The minimum Gasteiger partial charge on any atom is -0.478 e. The first-order chi connectivity index (χ1) is 12.6. The van der Waals surface area contributed by atoms with E-state index in [1.807, 2.05) is 17.0 Å². The van der Waals surface area contributed by atoms with Gasteiger partial charge in [-0.1, -0.05) is 25.1 Å². The number of hydrogen-bond donors (Lipinski definition) is 1. The molecule has 0 atom stereocenters. The lowest BCUT2D eigenvalue weighted by Crippen LogP contribution is -2.38. The molecule has 1 amide bonds. The molecule has 1 N–H and O–H groups in total. The molecule has 2 aromatic rings. The summed E-state index contributed by atoms with van der Waals surface area (Å²) in [5.41, 5.74) is 1.27. The Morgan fingerprint density at radius 1 is 1.27 bits per heavy atom. The predicted octanol–water partition coefficient (Wildman–Crippen LogP) is 3.89. The van der Waals surface area contributed by atoms with Gasteiger partial charge in [0.25, 0.3) is 5.91 Å². The Morgan fingerprint density at radius 3 is 2.69 bits per heavy atom. The summed E-state index contributed by atoms with van der Waals surface area (Å²) in [5.74, 6) is -0.382. The summed E-state index contributed by atoms with van der Waals surface area (Å²) in [6.45, 7) is 3.55. The van der Waals surface area contributed by atoms with Crippen molar-refractivity contribution in [2.75, 3.05) is 13.1 Å². The number of piperidine rings is 1. The number of hydrogen-bond acceptors (Lipinski definition) is 4. The summed E-state index contributed by atoms with van der Waals surface area (Å²) < 4.78 is 0. The fourth-order valence-electron chi connectivity index (χ4n) is 3.45. The maximum absolute atomic E-state index is 12.6. The molecule has 0 bridgehead atoms. The van der Waals surface area contributed by atoms with E-state index in [-0.39, 0.29) is 5.91 Å². The van der Waals surface area contributed by atoms with Crippen molar-refractivity contribution in [2.24, 2.45) is 5.92 Å². The quantitative estimate of drug-likeness (QED) is 0.835. The van der Waals surface area contributed by atoms with Crippen LogP contribution in [0.2, 0.25) is 0 Å². The first-order valence-electron chi connectivity index (χ1n) is 9.13. The van der Waals surface area contributed by atoms with Crippen LogP contribution in [0, 0.1) is 5.92 Å². The van der Waals surface area contributed by atoms with Crippen LogP contribution in [0.15, 0.2) is 30.5 Å². The molecule has 2 heterocycles. The lowest BCUT2D eigenvalue weighted by Gasteiger charge is -2.32. The van der Waals surface area contributed by atoms with Gasteiger partial charge >= 0.3 is 5.97 Å². The van der Waals surface area contributed by atoms with Gasteiger partial charge < -0.3 is 10.0 Å². The second kappa shape index (κ2) is 8.45. The zero-order valence-corrected chi connectivity index (χ0v) is 15.8. The van der Waals surface area contributed by atoms with E-state index >= 15 is 0 Å². The van der Waals surface area contributed by atoms with Crippen molar-refractivity contribution in [3.63, 3.8) is 0 Å². The van der Waals surface area contributed by atoms with Crippen molar-refractivity contribution >= 4 is 23.2 Å². The third-order valence-electron chi connectivity index (χ3n) is 4.89. The van der Waals surface area contributed by atoms with E-state index in [0.717, 1.165) is 60.6 Å². The minimum absolute atomic E-state index is 0.0780. The fourth-order valence-corrected chi connectivity index (χ4v) is 4.44. The van der Waals surface area contributed by atoms with Gasteiger partial charge in [0.15, 0.2) is 0 Å². The lowest BCUT2D eigenvalue weighted by molar-refractivity contribution is 0.0694. The minimum atomic E-state index is -0.874. The monoisotopic (exact) mass is 372 g/mol. The summed E-state index contributed by atoms with van der Waals surface area (Å²) >= 11 is 1.50. The van der Waals surface area contributed by atoms with Gasteiger partial charge in [-0.25, -0.2) is 9.78 Å². The number of carboxylic acids is 1. The number of carboxylic acid groups (broad SMARTS) is 1. The summed E-state index contributed by atoms with van der Waals surface area (Å²) in [6, 6.07) is 7.20. The first kappa shape index (κ1) is 18.6. The van der Waals surface area contributed by atoms with Gasteiger partial charge in [0.1, 0.15) is 4.88 Å². The Hall–Kier alpha value is -2.21. The molecule has 0 unspecified atom stereocenters. The summed E-state index contributed by atoms with van der Waals surface area (Å²) in [5, 5.41) is 10.3. The van der Waals surface area contributed by atoms with Crippen molar-refractivity contribution in [2.45, 2.75) is 39.0 Å². The van der Waals surface area contributed by atoms with E-state index in [1.54, 1.807) is 18.3 Å². The van der Waals surface area contributed by atoms with E-state index in [2.05, 4.69) is 11.9 Å². The average molecular weight is 372 g/mol. The zero-order chi connectivity index (χ0) is 18.5. The molecule has 1 saturated heterocycles. The summed E-state index contributed by atoms with van der Waals surface area (Å²) in [4.78, 5) is 31.0. The molecular weight excluding hydrogens is 348 g/mol. The summed E-state index contributed by atoms with van der Waals surface area (Å²) in [6.07, 6.45) is 6.22. The molecule has 0 spiro atoms. The van der Waals surface area contributed by atoms with Crippen molar-refractivity contribution in [3.8, 4) is 0 Å². The van der Waals surface area contributed by atoms with Crippen LogP contribution < -0.4 is 0 Å². The van der Waals surface area contributed by atoms with Gasteiger partial charge in [-0.05, 0) is 49.7 Å². The average Bonchev–Trinajstić information content (AvgIpc) is 3.11. The van der Waals surface area contributed by atoms with Crippen molar-refractivity contribution in [1.82, 2.24) is 9.88 Å². The van der Waals surface area contributed by atoms with Gasteiger partial charge in [0.05, 0.1) is 16.8 Å². The smallest absolute Gasteiger partial charge is 0.335 e. The van der Waals surface area contributed by atoms with Gasteiger partial charge in [0.2, 0.25) is 0 Å². The van der Waals surface area contributed by atoms with Gasteiger partial charge in [-0.2, -0.15) is 0 Å². The van der Waals surface area contributed by atoms with E-state index in [1.165, 1.54) is 11.3 Å². The molecule has 1 aliphatic rings. The number of thiazole rings is 1. The van der Waals surface area contributed by atoms with E-state index in [9.17, 15) is 14.7 Å². The second-order valence-corrected chi connectivity index (χ2v) is 7.89. The topological polar surface area (TPSA) is 70.5 Å². The van der Waals surface area contributed by atoms with E-state index < -0.39 is 5.97 Å². The number of aromatic nitrogens is 1. The number of aryl methyl sites for hydroxylation is 1. The molecule has 1 aliphatic heterocycles. The molecule has 6 heteroatoms. The van der Waals surface area contributed by atoms with Gasteiger partial charge in [-0.3, -0.25) is 4.79 Å². The standard InChI is InChI=1S/C20H24N2O3S/c1-2-5-18-21-13-17(26-18)19(23)22-10-8-14(9-11-22)12-15-6-3-4-7-16(15)20(24)25/h3-4,6-7,13-14H,2,5,8-12H2,1H3,(H,24,25). The Balaban J connectivity index is 1.57.